The molecule has 0 radical (unpaired) electrons. The largest absolute Gasteiger partial charge is 0.497 e. The second-order valence-electron chi connectivity index (χ2n) is 4.45. The van der Waals surface area contributed by atoms with Gasteiger partial charge in [-0.1, -0.05) is 0 Å². The lowest BCUT2D eigenvalue weighted by Crippen LogP contribution is -2.39. The Morgan fingerprint density at radius 3 is 2.61 bits per heavy atom. The summed E-state index contributed by atoms with van der Waals surface area (Å²) in [6, 6.07) is 4.38. The van der Waals surface area contributed by atoms with E-state index < -0.39 is 15.6 Å². The highest BCUT2D eigenvalue weighted by Crippen LogP contribution is 2.37. The summed E-state index contributed by atoms with van der Waals surface area (Å²) in [7, 11) is -2.24. The van der Waals surface area contributed by atoms with Gasteiger partial charge in [0.15, 0.2) is 0 Å². The Bertz CT molecular complexity index is 552. The third-order valence-corrected chi connectivity index (χ3v) is 4.67. The van der Waals surface area contributed by atoms with E-state index in [0.717, 1.165) is 0 Å². The predicted molar refractivity (Wildman–Crippen MR) is 66.8 cm³/mol. The number of aliphatic hydroxyl groups excluding tert-OH is 1. The number of nitrogens with one attached hydrogen (secondary N) is 1. The topological polar surface area (TPSA) is 102 Å². The van der Waals surface area contributed by atoms with Crippen molar-refractivity contribution in [1.29, 1.82) is 0 Å². The van der Waals surface area contributed by atoms with Crippen LogP contribution in [0.4, 0.5) is 5.69 Å². The van der Waals surface area contributed by atoms with Gasteiger partial charge in [-0.25, -0.2) is 13.1 Å². The molecular weight excluding hydrogens is 256 g/mol. The number of nitrogen functional groups attached to an aromatic ring is 1. The van der Waals surface area contributed by atoms with E-state index in [2.05, 4.69) is 4.72 Å². The highest BCUT2D eigenvalue weighted by atomic mass is 32.2. The minimum absolute atomic E-state index is 0.00280. The molecule has 4 N–H and O–H groups in total. The number of hydrogen-bond acceptors (Lipinski definition) is 5. The van der Waals surface area contributed by atoms with Crippen LogP contribution in [0.3, 0.4) is 0 Å². The van der Waals surface area contributed by atoms with E-state index in [1.54, 1.807) is 0 Å². The fourth-order valence-corrected chi connectivity index (χ4v) is 3.25. The van der Waals surface area contributed by atoms with Crippen molar-refractivity contribution in [3.8, 4) is 5.75 Å². The van der Waals surface area contributed by atoms with Crippen LogP contribution in [0.25, 0.3) is 0 Å². The van der Waals surface area contributed by atoms with Crippen molar-refractivity contribution in [2.45, 2.75) is 23.3 Å². The van der Waals surface area contributed by atoms with Crippen molar-refractivity contribution in [2.24, 2.45) is 0 Å². The summed E-state index contributed by atoms with van der Waals surface area (Å²) in [4.78, 5) is 0.00280. The first-order valence-electron chi connectivity index (χ1n) is 5.51. The highest BCUT2D eigenvalue weighted by Gasteiger charge is 2.45. The van der Waals surface area contributed by atoms with E-state index in [-0.39, 0.29) is 17.2 Å². The van der Waals surface area contributed by atoms with E-state index >= 15 is 0 Å². The van der Waals surface area contributed by atoms with Gasteiger partial charge in [0, 0.05) is 6.07 Å². The number of aliphatic hydroxyl groups is 1. The molecule has 0 aliphatic heterocycles. The molecule has 0 atom stereocenters. The predicted octanol–water partition coefficient (Wildman–Crippen LogP) is 0.0806. The summed E-state index contributed by atoms with van der Waals surface area (Å²) in [6.07, 6.45) is 1.28. The van der Waals surface area contributed by atoms with Gasteiger partial charge in [-0.3, -0.25) is 0 Å². The minimum atomic E-state index is -3.71. The molecule has 0 saturated heterocycles. The SMILES string of the molecule is COc1ccc(S(=O)(=O)NC2(CO)CC2)c(N)c1. The van der Waals surface area contributed by atoms with Crippen molar-refractivity contribution >= 4 is 15.7 Å². The quantitative estimate of drug-likeness (QED) is 0.659. The van der Waals surface area contributed by atoms with Gasteiger partial charge in [0.05, 0.1) is 24.9 Å². The summed E-state index contributed by atoms with van der Waals surface area (Å²) in [5, 5.41) is 9.14. The van der Waals surface area contributed by atoms with Gasteiger partial charge in [-0.05, 0) is 25.0 Å². The fraction of sp³-hybridized carbons (Fsp3) is 0.455. The number of anilines is 1. The third-order valence-electron chi connectivity index (χ3n) is 3.01. The number of ether oxygens (including phenoxy) is 1. The molecule has 6 nitrogen and oxygen atoms in total. The molecule has 1 saturated carbocycles. The Hall–Kier alpha value is -1.31. The van der Waals surface area contributed by atoms with Gasteiger partial charge in [-0.2, -0.15) is 0 Å². The standard InChI is InChI=1S/C11H16N2O4S/c1-17-8-2-3-10(9(12)6-8)18(15,16)13-11(7-14)4-5-11/h2-3,6,13-14H,4-5,7,12H2,1H3. The lowest BCUT2D eigenvalue weighted by Gasteiger charge is -2.16. The van der Waals surface area contributed by atoms with E-state index in [0.29, 0.717) is 18.6 Å². The smallest absolute Gasteiger partial charge is 0.243 e. The first-order valence-corrected chi connectivity index (χ1v) is 6.99. The van der Waals surface area contributed by atoms with Crippen LogP contribution in [0.15, 0.2) is 23.1 Å². The number of hydrogen-bond donors (Lipinski definition) is 3. The maximum absolute atomic E-state index is 12.1. The maximum Gasteiger partial charge on any atom is 0.243 e. The molecule has 7 heteroatoms. The van der Waals surface area contributed by atoms with Crippen LogP contribution in [-0.2, 0) is 10.0 Å². The molecule has 0 bridgehead atoms. The molecule has 1 aliphatic carbocycles. The summed E-state index contributed by atoms with van der Waals surface area (Å²) < 4.78 is 31.7. The molecule has 0 aromatic heterocycles. The van der Waals surface area contributed by atoms with Crippen molar-refractivity contribution < 1.29 is 18.3 Å². The molecule has 2 rings (SSSR count). The van der Waals surface area contributed by atoms with Crippen LogP contribution in [0.2, 0.25) is 0 Å². The average Bonchev–Trinajstić information content (AvgIpc) is 3.08. The molecule has 0 heterocycles. The van der Waals surface area contributed by atoms with Crippen LogP contribution >= 0.6 is 0 Å². The minimum Gasteiger partial charge on any atom is -0.497 e. The second kappa shape index (κ2) is 4.42. The molecule has 1 aromatic carbocycles. The van der Waals surface area contributed by atoms with Gasteiger partial charge in [0.2, 0.25) is 10.0 Å². The lowest BCUT2D eigenvalue weighted by molar-refractivity contribution is 0.246. The summed E-state index contributed by atoms with van der Waals surface area (Å²) in [5.74, 6) is 0.495. The van der Waals surface area contributed by atoms with E-state index in [9.17, 15) is 8.42 Å². The van der Waals surface area contributed by atoms with Crippen LogP contribution in [0, 0.1) is 0 Å². The zero-order chi connectivity index (χ0) is 13.4. The normalized spacial score (nSPS) is 17.4. The van der Waals surface area contributed by atoms with E-state index in [1.165, 1.54) is 25.3 Å². The van der Waals surface area contributed by atoms with Gasteiger partial charge in [-0.15, -0.1) is 0 Å². The summed E-state index contributed by atoms with van der Waals surface area (Å²) in [5.41, 5.74) is 5.12. The molecule has 100 valence electrons. The highest BCUT2D eigenvalue weighted by molar-refractivity contribution is 7.89. The fourth-order valence-electron chi connectivity index (χ4n) is 1.68. The maximum atomic E-state index is 12.1. The Balaban J connectivity index is 2.30. The number of nitrogens with two attached hydrogens (primary N) is 1. The average molecular weight is 272 g/mol. The molecule has 1 aromatic rings. The molecule has 0 spiro atoms. The zero-order valence-corrected chi connectivity index (χ0v) is 10.8. The van der Waals surface area contributed by atoms with Crippen LogP contribution in [0.1, 0.15) is 12.8 Å². The van der Waals surface area contributed by atoms with Crippen LogP contribution < -0.4 is 15.2 Å². The van der Waals surface area contributed by atoms with Crippen molar-refractivity contribution in [1.82, 2.24) is 4.72 Å². The second-order valence-corrected chi connectivity index (χ2v) is 6.10. The van der Waals surface area contributed by atoms with E-state index in [1.807, 2.05) is 0 Å². The van der Waals surface area contributed by atoms with Gasteiger partial charge in [0.25, 0.3) is 0 Å². The number of benzene rings is 1. The number of rotatable bonds is 5. The zero-order valence-electron chi connectivity index (χ0n) is 10.0. The van der Waals surface area contributed by atoms with Gasteiger partial charge >= 0.3 is 0 Å². The lowest BCUT2D eigenvalue weighted by atomic mass is 10.3. The van der Waals surface area contributed by atoms with Gasteiger partial charge < -0.3 is 15.6 Å². The van der Waals surface area contributed by atoms with E-state index in [4.69, 9.17) is 15.6 Å². The molecular formula is C11H16N2O4S. The summed E-state index contributed by atoms with van der Waals surface area (Å²) in [6.45, 7) is -0.206. The molecule has 0 amide bonds. The molecule has 1 fully saturated rings. The number of methoxy groups -OCH3 is 1. The Kier molecular flexibility index (Phi) is 3.22. The van der Waals surface area contributed by atoms with Crippen LogP contribution in [-0.4, -0.2) is 32.8 Å². The van der Waals surface area contributed by atoms with Crippen LogP contribution in [0.5, 0.6) is 5.75 Å². The Morgan fingerprint density at radius 2 is 2.17 bits per heavy atom. The third kappa shape index (κ3) is 2.43. The monoisotopic (exact) mass is 272 g/mol. The molecule has 0 unspecified atom stereocenters. The first kappa shape index (κ1) is 13.1. The molecule has 1 aliphatic rings. The summed E-state index contributed by atoms with van der Waals surface area (Å²) >= 11 is 0. The Morgan fingerprint density at radius 1 is 1.50 bits per heavy atom. The Labute approximate surface area is 106 Å². The van der Waals surface area contributed by atoms with Crippen molar-refractivity contribution in [3.05, 3.63) is 18.2 Å². The first-order chi connectivity index (χ1) is 8.42. The van der Waals surface area contributed by atoms with Crippen molar-refractivity contribution in [3.63, 3.8) is 0 Å². The van der Waals surface area contributed by atoms with Gasteiger partial charge in [0.1, 0.15) is 10.6 Å². The van der Waals surface area contributed by atoms with Crippen molar-refractivity contribution in [2.75, 3.05) is 19.5 Å². The molecule has 18 heavy (non-hydrogen) atoms. The number of sulfonamides is 1.